The Labute approximate surface area is 112 Å². The van der Waals surface area contributed by atoms with E-state index in [9.17, 15) is 31.2 Å². The van der Waals surface area contributed by atoms with Crippen molar-refractivity contribution in [2.45, 2.75) is 25.1 Å². The van der Waals surface area contributed by atoms with Gasteiger partial charge in [-0.25, -0.2) is 0 Å². The van der Waals surface area contributed by atoms with Crippen LogP contribution in [0.25, 0.3) is 0 Å². The number of ether oxygens (including phenoxy) is 1. The summed E-state index contributed by atoms with van der Waals surface area (Å²) in [7, 11) is -3.62. The van der Waals surface area contributed by atoms with Crippen molar-refractivity contribution in [3.05, 3.63) is 0 Å². The van der Waals surface area contributed by atoms with Crippen molar-refractivity contribution in [3.63, 3.8) is 0 Å². The van der Waals surface area contributed by atoms with Gasteiger partial charge in [0.15, 0.2) is 0 Å². The van der Waals surface area contributed by atoms with E-state index in [2.05, 4.69) is 4.74 Å². The molecule has 0 radical (unpaired) electrons. The van der Waals surface area contributed by atoms with E-state index in [1.165, 1.54) is 4.72 Å². The minimum Gasteiger partial charge on any atom is -0.480 e. The monoisotopic (exact) mass is 322 g/mol. The largest absolute Gasteiger partial charge is 0.480 e. The van der Waals surface area contributed by atoms with Gasteiger partial charge in [-0.15, -0.1) is 0 Å². The van der Waals surface area contributed by atoms with Crippen molar-refractivity contribution < 1.29 is 41.0 Å². The molecule has 0 fully saturated rings. The van der Waals surface area contributed by atoms with Crippen LogP contribution in [0.2, 0.25) is 0 Å². The highest BCUT2D eigenvalue weighted by Gasteiger charge is 2.31. The first-order valence-corrected chi connectivity index (χ1v) is 6.58. The van der Waals surface area contributed by atoms with E-state index in [4.69, 9.17) is 5.11 Å². The van der Waals surface area contributed by atoms with Crippen LogP contribution < -0.4 is 9.44 Å². The minimum absolute atomic E-state index is 0.407. The van der Waals surface area contributed by atoms with Crippen LogP contribution in [0, 0.1) is 0 Å². The number of halogens is 3. The van der Waals surface area contributed by atoms with Gasteiger partial charge in [0.05, 0.1) is 7.11 Å². The standard InChI is InChI=1S/C8H13F3N2O6S/c1-19-6(14)3-2-5(7(15)16)13-20(17,18)12-4-8(9,10)11/h5,12-13H,2-4H2,1H3,(H,15,16). The maximum atomic E-state index is 11.8. The number of alkyl halides is 3. The van der Waals surface area contributed by atoms with E-state index in [-0.39, 0.29) is 0 Å². The van der Waals surface area contributed by atoms with Crippen LogP contribution in [0.1, 0.15) is 12.8 Å². The SMILES string of the molecule is COC(=O)CCC(NS(=O)(=O)NCC(F)(F)F)C(=O)O. The Balaban J connectivity index is 4.57. The number of esters is 1. The maximum absolute atomic E-state index is 11.8. The molecular weight excluding hydrogens is 309 g/mol. The average Bonchev–Trinajstić information content (AvgIpc) is 2.30. The van der Waals surface area contributed by atoms with Crippen molar-refractivity contribution in [3.8, 4) is 0 Å². The van der Waals surface area contributed by atoms with Crippen LogP contribution in [-0.2, 0) is 24.5 Å². The van der Waals surface area contributed by atoms with E-state index in [1.807, 2.05) is 0 Å². The lowest BCUT2D eigenvalue weighted by atomic mass is 10.2. The van der Waals surface area contributed by atoms with Crippen molar-refractivity contribution >= 4 is 22.1 Å². The second kappa shape index (κ2) is 7.40. The first kappa shape index (κ1) is 18.6. The molecule has 0 saturated carbocycles. The zero-order valence-electron chi connectivity index (χ0n) is 10.2. The van der Waals surface area contributed by atoms with Crippen LogP contribution >= 0.6 is 0 Å². The normalized spacial score (nSPS) is 13.8. The summed E-state index contributed by atoms with van der Waals surface area (Å²) in [5.41, 5.74) is 0. The number of aliphatic carboxylic acids is 1. The number of carboxylic acids is 1. The molecule has 0 aromatic rings. The van der Waals surface area contributed by atoms with Crippen molar-refractivity contribution in [2.75, 3.05) is 13.7 Å². The molecule has 0 aliphatic heterocycles. The van der Waals surface area contributed by atoms with Gasteiger partial charge in [-0.2, -0.15) is 31.0 Å². The maximum Gasteiger partial charge on any atom is 0.402 e. The summed E-state index contributed by atoms with van der Waals surface area (Å²) >= 11 is 0. The molecule has 0 aromatic heterocycles. The van der Waals surface area contributed by atoms with Crippen LogP contribution in [0.4, 0.5) is 13.2 Å². The summed E-state index contributed by atoms with van der Waals surface area (Å²) < 4.78 is 64.8. The van der Waals surface area contributed by atoms with Gasteiger partial charge in [0.25, 0.3) is 10.2 Å². The van der Waals surface area contributed by atoms with Gasteiger partial charge in [-0.05, 0) is 6.42 Å². The Hall–Kier alpha value is -1.40. The molecule has 0 spiro atoms. The van der Waals surface area contributed by atoms with E-state index in [0.29, 0.717) is 0 Å². The van der Waals surface area contributed by atoms with Crippen LogP contribution in [0.15, 0.2) is 0 Å². The predicted octanol–water partition coefficient (Wildman–Crippen LogP) is -0.621. The van der Waals surface area contributed by atoms with Gasteiger partial charge in [0.1, 0.15) is 12.6 Å². The third kappa shape index (κ3) is 8.66. The van der Waals surface area contributed by atoms with Gasteiger partial charge in [0, 0.05) is 6.42 Å². The van der Waals surface area contributed by atoms with E-state index < -0.39 is 53.8 Å². The fraction of sp³-hybridized carbons (Fsp3) is 0.750. The summed E-state index contributed by atoms with van der Waals surface area (Å²) in [6.45, 7) is -1.84. The third-order valence-corrected chi connectivity index (χ3v) is 3.04. The number of methoxy groups -OCH3 is 1. The Bertz CT molecular complexity index is 450. The van der Waals surface area contributed by atoms with Crippen LogP contribution in [-0.4, -0.2) is 51.3 Å². The minimum atomic E-state index is -4.78. The molecule has 0 aromatic carbocycles. The quantitative estimate of drug-likeness (QED) is 0.512. The molecule has 8 nitrogen and oxygen atoms in total. The molecule has 0 rings (SSSR count). The molecule has 20 heavy (non-hydrogen) atoms. The highest BCUT2D eigenvalue weighted by Crippen LogP contribution is 2.12. The van der Waals surface area contributed by atoms with Gasteiger partial charge in [-0.1, -0.05) is 0 Å². The molecule has 0 saturated heterocycles. The molecule has 1 atom stereocenters. The third-order valence-electron chi connectivity index (χ3n) is 1.92. The Morgan fingerprint density at radius 2 is 1.90 bits per heavy atom. The zero-order chi connectivity index (χ0) is 16.0. The van der Waals surface area contributed by atoms with Gasteiger partial charge in [0.2, 0.25) is 0 Å². The van der Waals surface area contributed by atoms with Crippen LogP contribution in [0.3, 0.4) is 0 Å². The zero-order valence-corrected chi connectivity index (χ0v) is 11.0. The average molecular weight is 322 g/mol. The van der Waals surface area contributed by atoms with Gasteiger partial charge >= 0.3 is 18.1 Å². The van der Waals surface area contributed by atoms with E-state index >= 15 is 0 Å². The molecule has 1 unspecified atom stereocenters. The number of carbonyl (C=O) groups is 2. The molecule has 0 amide bonds. The number of rotatable bonds is 8. The number of carbonyl (C=O) groups excluding carboxylic acids is 1. The summed E-state index contributed by atoms with van der Waals surface area (Å²) in [4.78, 5) is 21.6. The Kier molecular flexibility index (Phi) is 6.88. The van der Waals surface area contributed by atoms with Crippen molar-refractivity contribution in [2.24, 2.45) is 0 Å². The second-order valence-electron chi connectivity index (χ2n) is 3.56. The number of carboxylic acid groups (broad SMARTS) is 1. The fourth-order valence-electron chi connectivity index (χ4n) is 1.00. The number of hydrogen-bond acceptors (Lipinski definition) is 5. The van der Waals surface area contributed by atoms with Crippen molar-refractivity contribution in [1.29, 1.82) is 0 Å². The summed E-state index contributed by atoms with van der Waals surface area (Å²) in [5, 5.41) is 8.72. The van der Waals surface area contributed by atoms with Gasteiger partial charge < -0.3 is 9.84 Å². The highest BCUT2D eigenvalue weighted by molar-refractivity contribution is 7.87. The van der Waals surface area contributed by atoms with E-state index in [1.54, 1.807) is 0 Å². The molecule has 118 valence electrons. The molecule has 0 aliphatic rings. The van der Waals surface area contributed by atoms with Crippen molar-refractivity contribution in [1.82, 2.24) is 9.44 Å². The molecular formula is C8H13F3N2O6S. The predicted molar refractivity (Wildman–Crippen MR) is 58.8 cm³/mol. The smallest absolute Gasteiger partial charge is 0.402 e. The summed E-state index contributed by atoms with van der Waals surface area (Å²) in [6, 6.07) is -1.75. The molecule has 0 aliphatic carbocycles. The lowest BCUT2D eigenvalue weighted by molar-refractivity contribution is -0.142. The Morgan fingerprint density at radius 3 is 2.30 bits per heavy atom. The Morgan fingerprint density at radius 1 is 1.35 bits per heavy atom. The summed E-state index contributed by atoms with van der Waals surface area (Å²) in [5.74, 6) is -2.41. The van der Waals surface area contributed by atoms with Gasteiger partial charge in [-0.3, -0.25) is 9.59 Å². The lowest BCUT2D eigenvalue weighted by Gasteiger charge is -2.15. The molecule has 0 bridgehead atoms. The first-order valence-electron chi connectivity index (χ1n) is 5.10. The second-order valence-corrected chi connectivity index (χ2v) is 5.09. The molecule has 0 heterocycles. The topological polar surface area (TPSA) is 122 Å². The number of nitrogens with one attached hydrogen (secondary N) is 2. The lowest BCUT2D eigenvalue weighted by Crippen LogP contribution is -2.48. The first-order chi connectivity index (χ1) is 8.97. The summed E-state index contributed by atoms with van der Waals surface area (Å²) in [6.07, 6.45) is -5.65. The fourth-order valence-corrected chi connectivity index (χ4v) is 2.03. The highest BCUT2D eigenvalue weighted by atomic mass is 32.2. The molecule has 3 N–H and O–H groups in total. The van der Waals surface area contributed by atoms with E-state index in [0.717, 1.165) is 11.8 Å². The molecule has 12 heteroatoms. The van der Waals surface area contributed by atoms with Crippen LogP contribution in [0.5, 0.6) is 0 Å². The number of hydrogen-bond donors (Lipinski definition) is 3.